The van der Waals surface area contributed by atoms with E-state index in [2.05, 4.69) is 9.71 Å². The molecule has 0 aromatic carbocycles. The molecule has 0 bridgehead atoms. The lowest BCUT2D eigenvalue weighted by Crippen LogP contribution is -2.29. The van der Waals surface area contributed by atoms with Gasteiger partial charge >= 0.3 is 10.2 Å². The summed E-state index contributed by atoms with van der Waals surface area (Å²) >= 11 is 5.68. The molecule has 0 aliphatic heterocycles. The van der Waals surface area contributed by atoms with Crippen LogP contribution in [0.15, 0.2) is 18.3 Å². The number of anilines is 1. The molecule has 1 rings (SSSR count). The van der Waals surface area contributed by atoms with E-state index in [0.29, 0.717) is 0 Å². The first-order valence-electron chi connectivity index (χ1n) is 3.74. The van der Waals surface area contributed by atoms with Crippen LogP contribution in [0.4, 0.5) is 5.69 Å². The van der Waals surface area contributed by atoms with E-state index >= 15 is 0 Å². The lowest BCUT2D eigenvalue weighted by molar-refractivity contribution is 0.527. The maximum Gasteiger partial charge on any atom is 0.301 e. The Morgan fingerprint density at radius 2 is 2.14 bits per heavy atom. The predicted octanol–water partition coefficient (Wildman–Crippen LogP) is 0.953. The van der Waals surface area contributed by atoms with Crippen molar-refractivity contribution < 1.29 is 8.42 Å². The molecule has 0 fully saturated rings. The van der Waals surface area contributed by atoms with E-state index in [1.807, 2.05) is 0 Å². The Labute approximate surface area is 87.9 Å². The Hall–Kier alpha value is -0.850. The van der Waals surface area contributed by atoms with Gasteiger partial charge in [0.25, 0.3) is 0 Å². The molecule has 5 nitrogen and oxygen atoms in total. The number of hydrogen-bond donors (Lipinski definition) is 1. The molecule has 14 heavy (non-hydrogen) atoms. The molecule has 1 aromatic heterocycles. The fraction of sp³-hybridized carbons (Fsp3) is 0.286. The molecule has 0 amide bonds. The van der Waals surface area contributed by atoms with E-state index < -0.39 is 10.2 Å². The number of aromatic nitrogens is 1. The van der Waals surface area contributed by atoms with E-state index in [-0.39, 0.29) is 10.8 Å². The molecule has 78 valence electrons. The summed E-state index contributed by atoms with van der Waals surface area (Å²) in [6.07, 6.45) is 1.48. The molecular formula is C7H10ClN3O2S. The van der Waals surface area contributed by atoms with Gasteiger partial charge in [-0.15, -0.1) is 0 Å². The summed E-state index contributed by atoms with van der Waals surface area (Å²) in [6.45, 7) is 0. The van der Waals surface area contributed by atoms with Crippen molar-refractivity contribution in [3.8, 4) is 0 Å². The van der Waals surface area contributed by atoms with Crippen molar-refractivity contribution in [1.82, 2.24) is 9.29 Å². The SMILES string of the molecule is CN(C)S(=O)(=O)Nc1cccnc1Cl. The van der Waals surface area contributed by atoms with Crippen molar-refractivity contribution in [2.75, 3.05) is 18.8 Å². The van der Waals surface area contributed by atoms with Crippen LogP contribution in [0.3, 0.4) is 0 Å². The van der Waals surface area contributed by atoms with Gasteiger partial charge in [-0.3, -0.25) is 4.72 Å². The summed E-state index contributed by atoms with van der Waals surface area (Å²) < 4.78 is 26.1. The fourth-order valence-corrected chi connectivity index (χ4v) is 1.54. The van der Waals surface area contributed by atoms with Crippen molar-refractivity contribution in [2.45, 2.75) is 0 Å². The Morgan fingerprint density at radius 3 is 2.64 bits per heavy atom. The average Bonchev–Trinajstić information content (AvgIpc) is 2.08. The van der Waals surface area contributed by atoms with Crippen LogP contribution in [0, 0.1) is 0 Å². The van der Waals surface area contributed by atoms with Gasteiger partial charge in [-0.25, -0.2) is 4.98 Å². The molecule has 1 heterocycles. The molecule has 0 aliphatic rings. The first kappa shape index (κ1) is 11.2. The normalized spacial score (nSPS) is 11.7. The van der Waals surface area contributed by atoms with Gasteiger partial charge in [-0.05, 0) is 12.1 Å². The smallest absolute Gasteiger partial charge is 0.268 e. The standard InChI is InChI=1S/C7H10ClN3O2S/c1-11(2)14(12,13)10-6-4-3-5-9-7(6)8/h3-5,10H,1-2H3. The highest BCUT2D eigenvalue weighted by atomic mass is 35.5. The molecule has 1 aromatic rings. The summed E-state index contributed by atoms with van der Waals surface area (Å²) in [6, 6.07) is 3.13. The average molecular weight is 236 g/mol. The minimum atomic E-state index is -3.51. The zero-order valence-corrected chi connectivity index (χ0v) is 9.30. The largest absolute Gasteiger partial charge is 0.301 e. The molecule has 7 heteroatoms. The Morgan fingerprint density at radius 1 is 1.50 bits per heavy atom. The van der Waals surface area contributed by atoms with Crippen LogP contribution in [-0.4, -0.2) is 31.8 Å². The summed E-state index contributed by atoms with van der Waals surface area (Å²) in [4.78, 5) is 3.74. The summed E-state index contributed by atoms with van der Waals surface area (Å²) in [5.41, 5.74) is 0.267. The fourth-order valence-electron chi connectivity index (χ4n) is 0.692. The van der Waals surface area contributed by atoms with Gasteiger partial charge in [0, 0.05) is 20.3 Å². The zero-order chi connectivity index (χ0) is 10.8. The highest BCUT2D eigenvalue weighted by Gasteiger charge is 2.14. The van der Waals surface area contributed by atoms with Crippen molar-refractivity contribution in [3.63, 3.8) is 0 Å². The summed E-state index contributed by atoms with van der Waals surface area (Å²) in [7, 11) is -0.668. The van der Waals surface area contributed by atoms with Gasteiger partial charge in [0.1, 0.15) is 0 Å². The molecule has 0 saturated carbocycles. The minimum absolute atomic E-state index is 0.123. The number of hydrogen-bond acceptors (Lipinski definition) is 3. The van der Waals surface area contributed by atoms with Crippen molar-refractivity contribution in [2.24, 2.45) is 0 Å². The maximum absolute atomic E-state index is 11.4. The minimum Gasteiger partial charge on any atom is -0.268 e. The second-order valence-corrected chi connectivity index (χ2v) is 4.97. The van der Waals surface area contributed by atoms with Gasteiger partial charge in [0.2, 0.25) is 0 Å². The monoisotopic (exact) mass is 235 g/mol. The van der Waals surface area contributed by atoms with Gasteiger partial charge in [-0.2, -0.15) is 12.7 Å². The van der Waals surface area contributed by atoms with Crippen LogP contribution in [0.5, 0.6) is 0 Å². The van der Waals surface area contributed by atoms with Crippen LogP contribution in [0.2, 0.25) is 5.15 Å². The molecular weight excluding hydrogens is 226 g/mol. The van der Waals surface area contributed by atoms with Crippen molar-refractivity contribution in [1.29, 1.82) is 0 Å². The quantitative estimate of drug-likeness (QED) is 0.794. The van der Waals surface area contributed by atoms with E-state index in [0.717, 1.165) is 4.31 Å². The molecule has 0 saturated heterocycles. The number of nitrogens with one attached hydrogen (secondary N) is 1. The molecule has 0 aliphatic carbocycles. The first-order chi connectivity index (χ1) is 6.43. The van der Waals surface area contributed by atoms with E-state index in [1.54, 1.807) is 6.07 Å². The van der Waals surface area contributed by atoms with Crippen LogP contribution < -0.4 is 4.72 Å². The Kier molecular flexibility index (Phi) is 3.30. The number of rotatable bonds is 3. The predicted molar refractivity (Wildman–Crippen MR) is 55.5 cm³/mol. The third kappa shape index (κ3) is 2.57. The second-order valence-electron chi connectivity index (χ2n) is 2.73. The van der Waals surface area contributed by atoms with E-state index in [4.69, 9.17) is 11.6 Å². The molecule has 0 radical (unpaired) electrons. The Balaban J connectivity index is 2.96. The first-order valence-corrected chi connectivity index (χ1v) is 5.56. The molecule has 0 unspecified atom stereocenters. The maximum atomic E-state index is 11.4. The third-order valence-electron chi connectivity index (χ3n) is 1.48. The van der Waals surface area contributed by atoms with Crippen LogP contribution in [0.25, 0.3) is 0 Å². The Bertz CT molecular complexity index is 419. The number of halogens is 1. The molecule has 1 N–H and O–H groups in total. The van der Waals surface area contributed by atoms with Crippen LogP contribution in [0.1, 0.15) is 0 Å². The second kappa shape index (κ2) is 4.12. The summed E-state index contributed by atoms with van der Waals surface area (Å²) in [5, 5.41) is 0.123. The van der Waals surface area contributed by atoms with Crippen molar-refractivity contribution in [3.05, 3.63) is 23.5 Å². The van der Waals surface area contributed by atoms with Crippen LogP contribution in [-0.2, 0) is 10.2 Å². The number of pyridine rings is 1. The highest BCUT2D eigenvalue weighted by molar-refractivity contribution is 7.90. The highest BCUT2D eigenvalue weighted by Crippen LogP contribution is 2.18. The lowest BCUT2D eigenvalue weighted by atomic mass is 10.4. The molecule has 0 atom stereocenters. The van der Waals surface area contributed by atoms with Gasteiger partial charge < -0.3 is 0 Å². The lowest BCUT2D eigenvalue weighted by Gasteiger charge is -2.13. The zero-order valence-electron chi connectivity index (χ0n) is 7.73. The molecule has 0 spiro atoms. The topological polar surface area (TPSA) is 62.3 Å². The van der Waals surface area contributed by atoms with Gasteiger partial charge in [-0.1, -0.05) is 11.6 Å². The summed E-state index contributed by atoms with van der Waals surface area (Å²) in [5.74, 6) is 0. The van der Waals surface area contributed by atoms with Gasteiger partial charge in [0.05, 0.1) is 5.69 Å². The third-order valence-corrected chi connectivity index (χ3v) is 3.22. The van der Waals surface area contributed by atoms with E-state index in [9.17, 15) is 8.42 Å². The van der Waals surface area contributed by atoms with Crippen LogP contribution >= 0.6 is 11.6 Å². The van der Waals surface area contributed by atoms with Crippen molar-refractivity contribution >= 4 is 27.5 Å². The van der Waals surface area contributed by atoms with E-state index in [1.165, 1.54) is 26.4 Å². The number of nitrogens with zero attached hydrogens (tertiary/aromatic N) is 2. The van der Waals surface area contributed by atoms with Gasteiger partial charge in [0.15, 0.2) is 5.15 Å².